The van der Waals surface area contributed by atoms with Crippen LogP contribution in [-0.2, 0) is 0 Å². The van der Waals surface area contributed by atoms with Crippen LogP contribution >= 0.6 is 0 Å². The van der Waals surface area contributed by atoms with Crippen LogP contribution in [-0.4, -0.2) is 18.1 Å². The average molecular weight is 237 g/mol. The molecule has 16 heavy (non-hydrogen) atoms. The molecule has 1 N–H and O–H groups in total. The van der Waals surface area contributed by atoms with Crippen LogP contribution in [0.2, 0.25) is 0 Å². The normalized spacial score (nSPS) is 13.6. The van der Waals surface area contributed by atoms with Gasteiger partial charge in [-0.05, 0) is 18.6 Å². The van der Waals surface area contributed by atoms with Gasteiger partial charge in [-0.3, -0.25) is 0 Å². The maximum atomic E-state index is 13.5. The number of halogens is 4. The Hall–Kier alpha value is -1.30. The standard InChI is InChI=1S/C10H9F4O2/c1-6(5-15)7-3-2-4-8(9(7)11)16-10(12,13)14/h2-4,6,15H,1,5H2. The Balaban J connectivity index is 3.04. The highest BCUT2D eigenvalue weighted by atomic mass is 19.4. The summed E-state index contributed by atoms with van der Waals surface area (Å²) in [6.45, 7) is 2.93. The molecule has 0 amide bonds. The molecular weight excluding hydrogens is 228 g/mol. The van der Waals surface area contributed by atoms with Gasteiger partial charge in [0, 0.05) is 5.92 Å². The molecule has 0 bridgehead atoms. The Morgan fingerprint density at radius 1 is 1.38 bits per heavy atom. The van der Waals surface area contributed by atoms with E-state index in [0.717, 1.165) is 6.07 Å². The van der Waals surface area contributed by atoms with Crippen LogP contribution in [0, 0.1) is 12.7 Å². The molecule has 0 aromatic heterocycles. The van der Waals surface area contributed by atoms with Crippen molar-refractivity contribution in [3.63, 3.8) is 0 Å². The summed E-state index contributed by atoms with van der Waals surface area (Å²) in [5.74, 6) is -2.92. The van der Waals surface area contributed by atoms with E-state index in [1.165, 1.54) is 12.1 Å². The number of rotatable bonds is 3. The molecule has 1 rings (SSSR count). The van der Waals surface area contributed by atoms with Crippen LogP contribution in [0.25, 0.3) is 0 Å². The fourth-order valence-electron chi connectivity index (χ4n) is 1.14. The van der Waals surface area contributed by atoms with E-state index in [1.807, 2.05) is 0 Å². The average Bonchev–Trinajstić information content (AvgIpc) is 2.18. The van der Waals surface area contributed by atoms with E-state index in [9.17, 15) is 17.6 Å². The highest BCUT2D eigenvalue weighted by Crippen LogP contribution is 2.30. The quantitative estimate of drug-likeness (QED) is 0.819. The second-order valence-electron chi connectivity index (χ2n) is 3.09. The maximum Gasteiger partial charge on any atom is 0.573 e. The third-order valence-electron chi connectivity index (χ3n) is 1.88. The summed E-state index contributed by atoms with van der Waals surface area (Å²) in [5.41, 5.74) is -0.121. The van der Waals surface area contributed by atoms with Crippen molar-refractivity contribution < 1.29 is 27.4 Å². The molecule has 6 heteroatoms. The van der Waals surface area contributed by atoms with Crippen molar-refractivity contribution in [1.29, 1.82) is 0 Å². The second kappa shape index (κ2) is 4.69. The van der Waals surface area contributed by atoms with Gasteiger partial charge in [0.05, 0.1) is 6.61 Å². The lowest BCUT2D eigenvalue weighted by atomic mass is 10.0. The van der Waals surface area contributed by atoms with E-state index in [2.05, 4.69) is 11.7 Å². The zero-order chi connectivity index (χ0) is 12.3. The number of benzene rings is 1. The van der Waals surface area contributed by atoms with Crippen molar-refractivity contribution >= 4 is 0 Å². The number of alkyl halides is 3. The summed E-state index contributed by atoms with van der Waals surface area (Å²) in [4.78, 5) is 0. The van der Waals surface area contributed by atoms with Crippen molar-refractivity contribution in [2.45, 2.75) is 12.3 Å². The van der Waals surface area contributed by atoms with E-state index in [4.69, 9.17) is 5.11 Å². The van der Waals surface area contributed by atoms with Crippen molar-refractivity contribution in [2.75, 3.05) is 6.61 Å². The Morgan fingerprint density at radius 3 is 2.50 bits per heavy atom. The molecule has 1 radical (unpaired) electrons. The Morgan fingerprint density at radius 2 is 2.00 bits per heavy atom. The lowest BCUT2D eigenvalue weighted by Crippen LogP contribution is -2.18. The molecule has 0 spiro atoms. The van der Waals surface area contributed by atoms with Gasteiger partial charge < -0.3 is 9.84 Å². The molecule has 0 aliphatic carbocycles. The lowest BCUT2D eigenvalue weighted by Gasteiger charge is -2.14. The summed E-state index contributed by atoms with van der Waals surface area (Å²) < 4.78 is 52.6. The molecule has 0 fully saturated rings. The molecule has 0 saturated carbocycles. The van der Waals surface area contributed by atoms with E-state index in [1.54, 1.807) is 0 Å². The third kappa shape index (κ3) is 3.10. The largest absolute Gasteiger partial charge is 0.573 e. The zero-order valence-electron chi connectivity index (χ0n) is 8.09. The second-order valence-corrected chi connectivity index (χ2v) is 3.09. The van der Waals surface area contributed by atoms with Crippen LogP contribution in [0.4, 0.5) is 17.6 Å². The maximum absolute atomic E-state index is 13.5. The van der Waals surface area contributed by atoms with Crippen LogP contribution in [0.3, 0.4) is 0 Å². The van der Waals surface area contributed by atoms with Crippen molar-refractivity contribution in [2.24, 2.45) is 0 Å². The van der Waals surface area contributed by atoms with Gasteiger partial charge in [-0.1, -0.05) is 12.1 Å². The summed E-state index contributed by atoms with van der Waals surface area (Å²) in [5, 5.41) is 8.74. The first kappa shape index (κ1) is 12.8. The van der Waals surface area contributed by atoms with Gasteiger partial charge in [0.2, 0.25) is 0 Å². The molecule has 0 saturated heterocycles. The van der Waals surface area contributed by atoms with Crippen LogP contribution in [0.5, 0.6) is 5.75 Å². The van der Waals surface area contributed by atoms with Crippen molar-refractivity contribution in [3.05, 3.63) is 36.5 Å². The van der Waals surface area contributed by atoms with Crippen LogP contribution in [0.1, 0.15) is 11.5 Å². The fraction of sp³-hybridized carbons (Fsp3) is 0.300. The van der Waals surface area contributed by atoms with Gasteiger partial charge in [-0.15, -0.1) is 13.2 Å². The summed E-state index contributed by atoms with van der Waals surface area (Å²) in [6.07, 6.45) is -4.95. The fourth-order valence-corrected chi connectivity index (χ4v) is 1.14. The topological polar surface area (TPSA) is 29.5 Å². The molecule has 0 aliphatic rings. The number of aliphatic hydroxyl groups excluding tert-OH is 1. The number of ether oxygens (including phenoxy) is 1. The minimum atomic E-state index is -4.95. The molecular formula is C10H9F4O2. The summed E-state index contributed by atoms with van der Waals surface area (Å²) >= 11 is 0. The van der Waals surface area contributed by atoms with Gasteiger partial charge in [-0.25, -0.2) is 4.39 Å². The Bertz CT molecular complexity index is 362. The highest BCUT2D eigenvalue weighted by Gasteiger charge is 2.33. The smallest absolute Gasteiger partial charge is 0.403 e. The summed E-state index contributed by atoms with van der Waals surface area (Å²) in [7, 11) is 0. The molecule has 1 atom stereocenters. The number of hydrogen-bond acceptors (Lipinski definition) is 2. The number of hydrogen-bond donors (Lipinski definition) is 1. The first-order chi connectivity index (χ1) is 7.35. The first-order valence-corrected chi connectivity index (χ1v) is 4.33. The SMILES string of the molecule is [CH2]C(CO)c1cccc(OC(F)(F)F)c1F. The van der Waals surface area contributed by atoms with Crippen LogP contribution < -0.4 is 4.74 Å². The Kier molecular flexibility index (Phi) is 3.74. The molecule has 2 nitrogen and oxygen atoms in total. The van der Waals surface area contributed by atoms with E-state index < -0.39 is 30.5 Å². The predicted octanol–water partition coefficient (Wildman–Crippen LogP) is 2.63. The summed E-state index contributed by atoms with van der Waals surface area (Å²) in [6, 6.07) is 3.30. The minimum absolute atomic E-state index is 0.121. The molecule has 1 aromatic carbocycles. The number of aliphatic hydroxyl groups is 1. The van der Waals surface area contributed by atoms with Crippen LogP contribution in [0.15, 0.2) is 18.2 Å². The lowest BCUT2D eigenvalue weighted by molar-refractivity contribution is -0.275. The van der Waals surface area contributed by atoms with Gasteiger partial charge in [0.25, 0.3) is 0 Å². The zero-order valence-corrected chi connectivity index (χ0v) is 8.09. The van der Waals surface area contributed by atoms with E-state index in [0.29, 0.717) is 0 Å². The van der Waals surface area contributed by atoms with Gasteiger partial charge in [-0.2, -0.15) is 0 Å². The minimum Gasteiger partial charge on any atom is -0.403 e. The van der Waals surface area contributed by atoms with Crippen molar-refractivity contribution in [1.82, 2.24) is 0 Å². The molecule has 0 aliphatic heterocycles. The Labute approximate surface area is 89.5 Å². The van der Waals surface area contributed by atoms with Gasteiger partial charge >= 0.3 is 6.36 Å². The van der Waals surface area contributed by atoms with E-state index in [-0.39, 0.29) is 5.56 Å². The molecule has 1 unspecified atom stereocenters. The van der Waals surface area contributed by atoms with Crippen molar-refractivity contribution in [3.8, 4) is 5.75 Å². The third-order valence-corrected chi connectivity index (χ3v) is 1.88. The molecule has 0 heterocycles. The van der Waals surface area contributed by atoms with Gasteiger partial charge in [0.1, 0.15) is 0 Å². The molecule has 1 aromatic rings. The highest BCUT2D eigenvalue weighted by molar-refractivity contribution is 5.34. The van der Waals surface area contributed by atoms with E-state index >= 15 is 0 Å². The molecule has 89 valence electrons. The van der Waals surface area contributed by atoms with Gasteiger partial charge in [0.15, 0.2) is 11.6 Å². The predicted molar refractivity (Wildman–Crippen MR) is 48.3 cm³/mol. The monoisotopic (exact) mass is 237 g/mol. The first-order valence-electron chi connectivity index (χ1n) is 4.33.